The monoisotopic (exact) mass is 579 g/mol. The van der Waals surface area contributed by atoms with E-state index in [-0.39, 0.29) is 24.1 Å². The van der Waals surface area contributed by atoms with Crippen LogP contribution >= 0.6 is 0 Å². The van der Waals surface area contributed by atoms with E-state index in [2.05, 4.69) is 0 Å². The highest BCUT2D eigenvalue weighted by atomic mass is 19.4. The third-order valence-corrected chi connectivity index (χ3v) is 9.39. The van der Waals surface area contributed by atoms with Crippen molar-refractivity contribution in [2.75, 3.05) is 21.1 Å². The lowest BCUT2D eigenvalue weighted by Crippen LogP contribution is -2.65. The van der Waals surface area contributed by atoms with E-state index >= 15 is 0 Å². The van der Waals surface area contributed by atoms with Gasteiger partial charge >= 0.3 is 6.18 Å². The summed E-state index contributed by atoms with van der Waals surface area (Å²) in [6.07, 6.45) is -3.99. The normalized spacial score (nSPS) is 29.1. The van der Waals surface area contributed by atoms with Gasteiger partial charge in [-0.15, -0.1) is 0 Å². The fraction of sp³-hybridized carbons (Fsp3) is 0.536. The average Bonchev–Trinajstić information content (AvgIpc) is 3.58. The Morgan fingerprint density at radius 3 is 2.27 bits per heavy atom. The number of carbonyl (C=O) groups excluding carboxylic acids is 3. The molecular formula is C28H32F3N3O7. The molecular weight excluding hydrogens is 547 g/mol. The molecule has 1 amide bonds. The van der Waals surface area contributed by atoms with Crippen LogP contribution in [0.3, 0.4) is 0 Å². The van der Waals surface area contributed by atoms with Crippen molar-refractivity contribution >= 4 is 23.2 Å². The smallest absolute Gasteiger partial charge is 0.417 e. The highest BCUT2D eigenvalue weighted by Crippen LogP contribution is 2.54. The lowest BCUT2D eigenvalue weighted by Gasteiger charge is -2.50. The fourth-order valence-corrected chi connectivity index (χ4v) is 6.87. The Bertz CT molecular complexity index is 1460. The van der Waals surface area contributed by atoms with E-state index in [1.807, 2.05) is 6.92 Å². The number of nitrogens with two attached hydrogens (primary N) is 1. The molecule has 0 bridgehead atoms. The molecule has 4 aliphatic rings. The molecule has 0 heterocycles. The maximum absolute atomic E-state index is 14.6. The number of ketones is 2. The molecule has 0 aliphatic heterocycles. The first-order chi connectivity index (χ1) is 18.9. The molecule has 222 valence electrons. The van der Waals surface area contributed by atoms with Gasteiger partial charge in [-0.25, -0.2) is 0 Å². The predicted octanol–water partition coefficient (Wildman–Crippen LogP) is 1.97. The molecule has 13 heteroatoms. The Morgan fingerprint density at radius 2 is 1.76 bits per heavy atom. The Morgan fingerprint density at radius 1 is 1.15 bits per heavy atom. The second-order valence-electron chi connectivity index (χ2n) is 12.1. The summed E-state index contributed by atoms with van der Waals surface area (Å²) in [4.78, 5) is 42.2. The SMILES string of the molecule is CN(C)[C@@H]1C(=O)C(C(N)=O)=C(O)[C@@]2(O)C(=O)C3=C(O)c4c(O)cc(CN(C)C5(C)CC5)c(C(F)(F)F)c4C[C@H]3C[C@@H]12. The third kappa shape index (κ3) is 4.08. The van der Waals surface area contributed by atoms with Crippen LogP contribution in [-0.4, -0.2) is 86.0 Å². The summed E-state index contributed by atoms with van der Waals surface area (Å²) in [5.41, 5.74) is -1.51. The van der Waals surface area contributed by atoms with E-state index in [0.717, 1.165) is 18.9 Å². The summed E-state index contributed by atoms with van der Waals surface area (Å²) >= 11 is 0. The number of benzene rings is 1. The number of likely N-dealkylation sites (N-methyl/N-ethyl adjacent to an activating group) is 1. The van der Waals surface area contributed by atoms with Gasteiger partial charge in [-0.1, -0.05) is 0 Å². The van der Waals surface area contributed by atoms with Gasteiger partial charge in [-0.05, 0) is 76.9 Å². The molecule has 2 saturated carbocycles. The quantitative estimate of drug-likeness (QED) is 0.328. The number of nitrogens with zero attached hydrogens (tertiary/aromatic N) is 2. The molecule has 0 radical (unpaired) electrons. The average molecular weight is 580 g/mol. The number of rotatable bonds is 5. The van der Waals surface area contributed by atoms with Gasteiger partial charge in [0.1, 0.15) is 22.8 Å². The first-order valence-corrected chi connectivity index (χ1v) is 13.2. The number of hydrogen-bond acceptors (Lipinski definition) is 9. The summed E-state index contributed by atoms with van der Waals surface area (Å²) in [7, 11) is 4.58. The Kier molecular flexibility index (Phi) is 6.41. The summed E-state index contributed by atoms with van der Waals surface area (Å²) < 4.78 is 43.9. The molecule has 1 aromatic carbocycles. The number of carbonyl (C=O) groups is 3. The Balaban J connectivity index is 1.72. The largest absolute Gasteiger partial charge is 0.508 e. The standard InChI is InChI=1S/C28H32F3N3O7/c1-26(5-6-26)34(4)10-12-9-15(35)17-13(19(12)28(29,30)31)7-11-8-14-20(33(2)3)22(37)18(25(32)40)24(39)27(14,41)23(38)16(11)21(17)36/h9,11,14,20,35-36,39,41H,5-8,10H2,1-4H3,(H2,32,40)/t11-,14-,20-,27-/m0/s1. The van der Waals surface area contributed by atoms with Crippen molar-refractivity contribution in [1.82, 2.24) is 9.80 Å². The number of Topliss-reactive ketones (excluding diaryl/α,β-unsaturated/α-hetero) is 2. The van der Waals surface area contributed by atoms with Crippen molar-refractivity contribution in [3.05, 3.63) is 45.2 Å². The second kappa shape index (κ2) is 9.04. The molecule has 2 fully saturated rings. The molecule has 4 aliphatic carbocycles. The number of aromatic hydroxyl groups is 1. The van der Waals surface area contributed by atoms with Crippen molar-refractivity contribution in [2.24, 2.45) is 17.6 Å². The van der Waals surface area contributed by atoms with Crippen molar-refractivity contribution in [3.8, 4) is 5.75 Å². The van der Waals surface area contributed by atoms with Gasteiger partial charge in [0.2, 0.25) is 5.78 Å². The molecule has 0 aromatic heterocycles. The first-order valence-electron chi connectivity index (χ1n) is 13.2. The molecule has 41 heavy (non-hydrogen) atoms. The third-order valence-electron chi connectivity index (χ3n) is 9.39. The maximum atomic E-state index is 14.6. The minimum absolute atomic E-state index is 0.124. The Hall–Kier alpha value is -3.42. The molecule has 1 aromatic rings. The number of aliphatic hydroxyl groups is 3. The van der Waals surface area contributed by atoms with Crippen LogP contribution in [-0.2, 0) is 33.5 Å². The van der Waals surface area contributed by atoms with Crippen LogP contribution in [0.2, 0.25) is 0 Å². The number of fused-ring (bicyclic) bond motifs is 3. The number of halogens is 3. The van der Waals surface area contributed by atoms with E-state index in [9.17, 15) is 48.0 Å². The summed E-state index contributed by atoms with van der Waals surface area (Å²) in [6.45, 7) is 1.80. The topological polar surface area (TPSA) is 165 Å². The number of aliphatic hydroxyl groups excluding tert-OH is 2. The number of amides is 1. The minimum Gasteiger partial charge on any atom is -0.508 e. The van der Waals surface area contributed by atoms with Crippen molar-refractivity contribution in [3.63, 3.8) is 0 Å². The predicted molar refractivity (Wildman–Crippen MR) is 138 cm³/mol. The zero-order valence-corrected chi connectivity index (χ0v) is 23.0. The van der Waals surface area contributed by atoms with Crippen molar-refractivity contribution in [1.29, 1.82) is 0 Å². The van der Waals surface area contributed by atoms with Crippen LogP contribution in [0.15, 0.2) is 23.0 Å². The Labute approximate surface area is 233 Å². The van der Waals surface area contributed by atoms with E-state index in [1.165, 1.54) is 19.0 Å². The molecule has 0 saturated heterocycles. The number of hydrogen-bond donors (Lipinski definition) is 5. The van der Waals surface area contributed by atoms with E-state index in [0.29, 0.717) is 0 Å². The molecule has 0 unspecified atom stereocenters. The number of primary amides is 1. The molecule has 6 N–H and O–H groups in total. The number of alkyl halides is 3. The lowest BCUT2D eigenvalue weighted by atomic mass is 9.57. The van der Waals surface area contributed by atoms with Crippen molar-refractivity contribution in [2.45, 2.75) is 62.5 Å². The van der Waals surface area contributed by atoms with Gasteiger partial charge in [0.15, 0.2) is 11.4 Å². The van der Waals surface area contributed by atoms with Crippen LogP contribution in [0, 0.1) is 11.8 Å². The molecule has 4 atom stereocenters. The minimum atomic E-state index is -4.88. The molecule has 5 rings (SSSR count). The number of phenolic OH excluding ortho intramolecular Hbond substituents is 1. The van der Waals surface area contributed by atoms with Crippen molar-refractivity contribution < 1.29 is 48.0 Å². The summed E-state index contributed by atoms with van der Waals surface area (Å²) in [5.74, 6) is -8.98. The second-order valence-corrected chi connectivity index (χ2v) is 12.1. The van der Waals surface area contributed by atoms with E-state index in [1.54, 1.807) is 11.9 Å². The summed E-state index contributed by atoms with van der Waals surface area (Å²) in [6, 6.07) is -0.405. The van der Waals surface area contributed by atoms with Gasteiger partial charge in [0.25, 0.3) is 5.91 Å². The molecule has 0 spiro atoms. The number of phenols is 1. The van der Waals surface area contributed by atoms with Gasteiger partial charge in [-0.2, -0.15) is 13.2 Å². The maximum Gasteiger partial charge on any atom is 0.417 e. The van der Waals surface area contributed by atoms with Crippen LogP contribution in [0.5, 0.6) is 5.75 Å². The zero-order chi connectivity index (χ0) is 30.6. The van der Waals surface area contributed by atoms with E-state index in [4.69, 9.17) is 5.73 Å². The highest BCUT2D eigenvalue weighted by molar-refractivity contribution is 6.24. The lowest BCUT2D eigenvalue weighted by molar-refractivity contribution is -0.153. The van der Waals surface area contributed by atoms with Gasteiger partial charge < -0.3 is 26.2 Å². The summed E-state index contributed by atoms with van der Waals surface area (Å²) in [5, 5.41) is 44.6. The van der Waals surface area contributed by atoms with E-state index < -0.39 is 98.7 Å². The first kappa shape index (κ1) is 29.1. The van der Waals surface area contributed by atoms with Crippen LogP contribution < -0.4 is 5.73 Å². The van der Waals surface area contributed by atoms with Gasteiger partial charge in [0, 0.05) is 23.6 Å². The fourth-order valence-electron chi connectivity index (χ4n) is 6.87. The van der Waals surface area contributed by atoms with Crippen LogP contribution in [0.1, 0.15) is 48.4 Å². The van der Waals surface area contributed by atoms with Crippen LogP contribution in [0.25, 0.3) is 5.76 Å². The highest BCUT2D eigenvalue weighted by Gasteiger charge is 2.64. The van der Waals surface area contributed by atoms with Gasteiger partial charge in [0.05, 0.1) is 17.2 Å². The van der Waals surface area contributed by atoms with Gasteiger partial charge in [-0.3, -0.25) is 24.2 Å². The van der Waals surface area contributed by atoms with Crippen LogP contribution in [0.4, 0.5) is 13.2 Å². The molecule has 10 nitrogen and oxygen atoms in total. The zero-order valence-electron chi connectivity index (χ0n) is 23.0.